The zero-order valence-electron chi connectivity index (χ0n) is 7.72. The van der Waals surface area contributed by atoms with Gasteiger partial charge in [-0.15, -0.1) is 0 Å². The first kappa shape index (κ1) is 10.9. The van der Waals surface area contributed by atoms with E-state index in [1.54, 1.807) is 6.92 Å². The van der Waals surface area contributed by atoms with Crippen LogP contribution in [-0.2, 0) is 14.3 Å². The molecule has 4 nitrogen and oxygen atoms in total. The number of rotatable bonds is 4. The zero-order valence-corrected chi connectivity index (χ0v) is 7.72. The van der Waals surface area contributed by atoms with E-state index in [1.807, 2.05) is 6.92 Å². The molecule has 0 rings (SSSR count). The van der Waals surface area contributed by atoms with Crippen LogP contribution in [0.15, 0.2) is 0 Å². The second-order valence-electron chi connectivity index (χ2n) is 2.56. The molecule has 70 valence electrons. The third kappa shape index (κ3) is 3.95. The van der Waals surface area contributed by atoms with Crippen LogP contribution in [0.2, 0.25) is 0 Å². The molecule has 0 unspecified atom stereocenters. The molecule has 0 aliphatic heterocycles. The normalized spacial score (nSPS) is 11.9. The average molecular weight is 173 g/mol. The summed E-state index contributed by atoms with van der Waals surface area (Å²) in [4.78, 5) is 21.8. The first-order valence-electron chi connectivity index (χ1n) is 3.99. The Kier molecular flexibility index (Phi) is 5.08. The molecular weight excluding hydrogens is 158 g/mol. The SMILES string of the molecule is CCCC(=O)N[C@H](C)C(=O)OC. The van der Waals surface area contributed by atoms with Crippen molar-refractivity contribution in [1.82, 2.24) is 5.32 Å². The largest absolute Gasteiger partial charge is 0.467 e. The van der Waals surface area contributed by atoms with Crippen LogP contribution in [-0.4, -0.2) is 25.0 Å². The third-order valence-corrected chi connectivity index (χ3v) is 1.41. The van der Waals surface area contributed by atoms with Gasteiger partial charge in [0.15, 0.2) is 0 Å². The summed E-state index contributed by atoms with van der Waals surface area (Å²) < 4.78 is 4.44. The highest BCUT2D eigenvalue weighted by molar-refractivity contribution is 5.83. The van der Waals surface area contributed by atoms with Gasteiger partial charge in [0, 0.05) is 6.42 Å². The van der Waals surface area contributed by atoms with E-state index in [2.05, 4.69) is 10.1 Å². The summed E-state index contributed by atoms with van der Waals surface area (Å²) in [6.45, 7) is 3.50. The van der Waals surface area contributed by atoms with Crippen molar-refractivity contribution in [2.45, 2.75) is 32.7 Å². The third-order valence-electron chi connectivity index (χ3n) is 1.41. The van der Waals surface area contributed by atoms with Crippen LogP contribution in [0.4, 0.5) is 0 Å². The summed E-state index contributed by atoms with van der Waals surface area (Å²) in [5.41, 5.74) is 0. The van der Waals surface area contributed by atoms with Crippen LogP contribution >= 0.6 is 0 Å². The molecule has 0 aliphatic rings. The number of esters is 1. The molecule has 4 heteroatoms. The highest BCUT2D eigenvalue weighted by Gasteiger charge is 2.14. The molecule has 0 aromatic rings. The van der Waals surface area contributed by atoms with Crippen LogP contribution in [0.5, 0.6) is 0 Å². The first-order valence-corrected chi connectivity index (χ1v) is 3.99. The Bertz CT molecular complexity index is 168. The van der Waals surface area contributed by atoms with E-state index in [0.29, 0.717) is 6.42 Å². The van der Waals surface area contributed by atoms with Crippen LogP contribution in [0.1, 0.15) is 26.7 Å². The van der Waals surface area contributed by atoms with Crippen molar-refractivity contribution in [3.05, 3.63) is 0 Å². The lowest BCUT2D eigenvalue weighted by atomic mass is 10.3. The van der Waals surface area contributed by atoms with Crippen LogP contribution in [0.25, 0.3) is 0 Å². The maximum atomic E-state index is 11.0. The molecule has 0 saturated heterocycles. The molecule has 12 heavy (non-hydrogen) atoms. The molecule has 0 fully saturated rings. The van der Waals surface area contributed by atoms with Crippen molar-refractivity contribution in [3.8, 4) is 0 Å². The van der Waals surface area contributed by atoms with Gasteiger partial charge in [0.25, 0.3) is 0 Å². The topological polar surface area (TPSA) is 55.4 Å². The molecule has 0 saturated carbocycles. The monoisotopic (exact) mass is 173 g/mol. The smallest absolute Gasteiger partial charge is 0.328 e. The van der Waals surface area contributed by atoms with Crippen LogP contribution < -0.4 is 5.32 Å². The highest BCUT2D eigenvalue weighted by Crippen LogP contribution is 1.90. The number of carbonyl (C=O) groups is 2. The summed E-state index contributed by atoms with van der Waals surface area (Å²) in [5, 5.41) is 2.52. The number of hydrogen-bond acceptors (Lipinski definition) is 3. The fraction of sp³-hybridized carbons (Fsp3) is 0.750. The molecule has 1 N–H and O–H groups in total. The van der Waals surface area contributed by atoms with Gasteiger partial charge in [0.05, 0.1) is 7.11 Å². The quantitative estimate of drug-likeness (QED) is 0.628. The van der Waals surface area contributed by atoms with Crippen molar-refractivity contribution in [1.29, 1.82) is 0 Å². The van der Waals surface area contributed by atoms with Crippen LogP contribution in [0.3, 0.4) is 0 Å². The van der Waals surface area contributed by atoms with Gasteiger partial charge in [0.1, 0.15) is 6.04 Å². The van der Waals surface area contributed by atoms with Crippen molar-refractivity contribution >= 4 is 11.9 Å². The lowest BCUT2D eigenvalue weighted by molar-refractivity contribution is -0.144. The van der Waals surface area contributed by atoms with E-state index in [0.717, 1.165) is 6.42 Å². The first-order chi connectivity index (χ1) is 5.61. The van der Waals surface area contributed by atoms with E-state index in [-0.39, 0.29) is 5.91 Å². The molecule has 0 aromatic heterocycles. The molecule has 0 bridgehead atoms. The molecule has 1 amide bonds. The Morgan fingerprint density at radius 3 is 2.50 bits per heavy atom. The minimum atomic E-state index is -0.547. The highest BCUT2D eigenvalue weighted by atomic mass is 16.5. The van der Waals surface area contributed by atoms with E-state index >= 15 is 0 Å². The van der Waals surface area contributed by atoms with Gasteiger partial charge in [0.2, 0.25) is 5.91 Å². The maximum absolute atomic E-state index is 11.0. The van der Waals surface area contributed by atoms with Gasteiger partial charge >= 0.3 is 5.97 Å². The number of hydrogen-bond donors (Lipinski definition) is 1. The predicted molar refractivity (Wildman–Crippen MR) is 44.5 cm³/mol. The summed E-state index contributed by atoms with van der Waals surface area (Å²) in [5.74, 6) is -0.533. The Hall–Kier alpha value is -1.06. The number of methoxy groups -OCH3 is 1. The minimum Gasteiger partial charge on any atom is -0.467 e. The molecule has 0 aromatic carbocycles. The van der Waals surface area contributed by atoms with Gasteiger partial charge in [-0.05, 0) is 13.3 Å². The molecule has 0 aliphatic carbocycles. The Labute approximate surface area is 72.3 Å². The van der Waals surface area contributed by atoms with E-state index < -0.39 is 12.0 Å². The van der Waals surface area contributed by atoms with Gasteiger partial charge in [-0.1, -0.05) is 6.92 Å². The number of ether oxygens (including phenoxy) is 1. The molecule has 0 heterocycles. The Balaban J connectivity index is 3.75. The molecular formula is C8H15NO3. The molecule has 0 radical (unpaired) electrons. The van der Waals surface area contributed by atoms with Gasteiger partial charge in [-0.2, -0.15) is 0 Å². The van der Waals surface area contributed by atoms with Gasteiger partial charge in [-0.3, -0.25) is 4.79 Å². The zero-order chi connectivity index (χ0) is 9.56. The second-order valence-corrected chi connectivity index (χ2v) is 2.56. The fourth-order valence-corrected chi connectivity index (χ4v) is 0.776. The standard InChI is InChI=1S/C8H15NO3/c1-4-5-7(10)9-6(2)8(11)12-3/h6H,4-5H2,1-3H3,(H,9,10)/t6-/m1/s1. The van der Waals surface area contributed by atoms with E-state index in [4.69, 9.17) is 0 Å². The van der Waals surface area contributed by atoms with Crippen LogP contribution in [0, 0.1) is 0 Å². The maximum Gasteiger partial charge on any atom is 0.328 e. The van der Waals surface area contributed by atoms with Crippen molar-refractivity contribution in [2.24, 2.45) is 0 Å². The number of carbonyl (C=O) groups excluding carboxylic acids is 2. The van der Waals surface area contributed by atoms with Gasteiger partial charge < -0.3 is 10.1 Å². The lowest BCUT2D eigenvalue weighted by Crippen LogP contribution is -2.38. The minimum absolute atomic E-state index is 0.115. The summed E-state index contributed by atoms with van der Waals surface area (Å²) in [6, 6.07) is -0.547. The summed E-state index contributed by atoms with van der Waals surface area (Å²) in [7, 11) is 1.30. The predicted octanol–water partition coefficient (Wildman–Crippen LogP) is 0.464. The van der Waals surface area contributed by atoms with E-state index in [1.165, 1.54) is 7.11 Å². The van der Waals surface area contributed by atoms with Gasteiger partial charge in [-0.25, -0.2) is 4.79 Å². The fourth-order valence-electron chi connectivity index (χ4n) is 0.776. The van der Waals surface area contributed by atoms with Crippen molar-refractivity contribution in [2.75, 3.05) is 7.11 Å². The Morgan fingerprint density at radius 2 is 2.08 bits per heavy atom. The average Bonchev–Trinajstić information content (AvgIpc) is 2.03. The van der Waals surface area contributed by atoms with Crippen molar-refractivity contribution < 1.29 is 14.3 Å². The Morgan fingerprint density at radius 1 is 1.50 bits per heavy atom. The summed E-state index contributed by atoms with van der Waals surface area (Å²) >= 11 is 0. The summed E-state index contributed by atoms with van der Waals surface area (Å²) in [6.07, 6.45) is 1.22. The number of nitrogens with one attached hydrogen (secondary N) is 1. The van der Waals surface area contributed by atoms with Crippen molar-refractivity contribution in [3.63, 3.8) is 0 Å². The second kappa shape index (κ2) is 5.57. The molecule has 0 spiro atoms. The lowest BCUT2D eigenvalue weighted by Gasteiger charge is -2.10. The van der Waals surface area contributed by atoms with E-state index in [9.17, 15) is 9.59 Å². The number of amides is 1. The molecule has 1 atom stereocenters.